The number of rotatable bonds is 2. The Labute approximate surface area is 118 Å². The molecule has 0 amide bonds. The molecule has 1 aromatic carbocycles. The first-order valence-corrected chi connectivity index (χ1v) is 6.52. The van der Waals surface area contributed by atoms with Crippen molar-refractivity contribution in [3.05, 3.63) is 51.6 Å². The molecular formula is C13H12F2N4S. The van der Waals surface area contributed by atoms with Crippen LogP contribution in [0.3, 0.4) is 0 Å². The first kappa shape index (κ1) is 13.0. The maximum absolute atomic E-state index is 13.5. The smallest absolute Gasteiger partial charge is 0.178 e. The van der Waals surface area contributed by atoms with Gasteiger partial charge in [-0.05, 0) is 48.3 Å². The van der Waals surface area contributed by atoms with Crippen LogP contribution in [-0.2, 0) is 6.42 Å². The Morgan fingerprint density at radius 1 is 1.40 bits per heavy atom. The number of halogens is 2. The number of fused-ring (bicyclic) bond motifs is 1. The van der Waals surface area contributed by atoms with E-state index in [9.17, 15) is 8.78 Å². The minimum absolute atomic E-state index is 0.117. The third kappa shape index (κ3) is 1.85. The number of nitrogen functional groups attached to an aromatic ring is 1. The number of hydrogen-bond acceptors (Lipinski definition) is 2. The molecule has 104 valence electrons. The average Bonchev–Trinajstić information content (AvgIpc) is 2.93. The summed E-state index contributed by atoms with van der Waals surface area (Å²) in [6.07, 6.45) is 2.87. The van der Waals surface area contributed by atoms with E-state index in [0.29, 0.717) is 28.9 Å². The van der Waals surface area contributed by atoms with E-state index >= 15 is 0 Å². The van der Waals surface area contributed by atoms with E-state index in [4.69, 9.17) is 23.4 Å². The van der Waals surface area contributed by atoms with Crippen molar-refractivity contribution >= 4 is 18.1 Å². The van der Waals surface area contributed by atoms with Crippen molar-refractivity contribution in [1.82, 2.24) is 9.55 Å². The zero-order valence-electron chi connectivity index (χ0n) is 10.4. The van der Waals surface area contributed by atoms with Gasteiger partial charge in [0.2, 0.25) is 0 Å². The second-order valence-corrected chi connectivity index (χ2v) is 5.17. The molecule has 1 atom stereocenters. The Hall–Kier alpha value is -2.02. The van der Waals surface area contributed by atoms with Crippen LogP contribution < -0.4 is 5.73 Å². The maximum atomic E-state index is 13.5. The summed E-state index contributed by atoms with van der Waals surface area (Å²) in [5.74, 6) is -1.83. The van der Waals surface area contributed by atoms with Gasteiger partial charge in [-0.25, -0.2) is 8.78 Å². The lowest BCUT2D eigenvalue weighted by Gasteiger charge is -2.16. The molecule has 1 aliphatic rings. The number of H-pyrrole nitrogens is 1. The number of hydrogen-bond donors (Lipinski definition) is 3. The van der Waals surface area contributed by atoms with Gasteiger partial charge < -0.3 is 15.3 Å². The predicted octanol–water partition coefficient (Wildman–Crippen LogP) is 2.64. The summed E-state index contributed by atoms with van der Waals surface area (Å²) < 4.78 is 28.8. The molecule has 0 saturated heterocycles. The van der Waals surface area contributed by atoms with Crippen LogP contribution in [0, 0.1) is 21.8 Å². The van der Waals surface area contributed by atoms with Crippen LogP contribution >= 0.6 is 12.2 Å². The highest BCUT2D eigenvalue weighted by Gasteiger charge is 2.28. The van der Waals surface area contributed by atoms with Crippen molar-refractivity contribution in [2.45, 2.75) is 18.9 Å². The summed E-state index contributed by atoms with van der Waals surface area (Å²) in [4.78, 5) is 2.84. The van der Waals surface area contributed by atoms with E-state index < -0.39 is 11.6 Å². The number of benzene rings is 1. The monoisotopic (exact) mass is 294 g/mol. The molecule has 0 radical (unpaired) electrons. The molecule has 1 unspecified atom stereocenters. The van der Waals surface area contributed by atoms with E-state index in [1.54, 1.807) is 10.8 Å². The maximum Gasteiger partial charge on any atom is 0.178 e. The van der Waals surface area contributed by atoms with E-state index in [1.807, 2.05) is 0 Å². The molecule has 0 aliphatic heterocycles. The average molecular weight is 294 g/mol. The molecule has 0 saturated carbocycles. The molecule has 0 bridgehead atoms. The van der Waals surface area contributed by atoms with Crippen molar-refractivity contribution < 1.29 is 8.78 Å². The van der Waals surface area contributed by atoms with Crippen LogP contribution in [0.2, 0.25) is 0 Å². The van der Waals surface area contributed by atoms with Crippen molar-refractivity contribution in [2.24, 2.45) is 5.73 Å². The first-order chi connectivity index (χ1) is 9.49. The number of amidine groups is 1. The Bertz CT molecular complexity index is 762. The molecule has 4 N–H and O–H groups in total. The fourth-order valence-corrected chi connectivity index (χ4v) is 3.03. The van der Waals surface area contributed by atoms with Crippen LogP contribution in [0.15, 0.2) is 18.3 Å². The minimum atomic E-state index is -0.873. The third-order valence-corrected chi connectivity index (χ3v) is 3.94. The predicted molar refractivity (Wildman–Crippen MR) is 73.5 cm³/mol. The first-order valence-electron chi connectivity index (χ1n) is 6.11. The van der Waals surface area contributed by atoms with Crippen LogP contribution in [-0.4, -0.2) is 15.4 Å². The zero-order valence-corrected chi connectivity index (χ0v) is 11.2. The van der Waals surface area contributed by atoms with Gasteiger partial charge in [0.15, 0.2) is 16.4 Å². The van der Waals surface area contributed by atoms with E-state index in [0.717, 1.165) is 5.56 Å². The van der Waals surface area contributed by atoms with Gasteiger partial charge in [-0.3, -0.25) is 5.41 Å². The summed E-state index contributed by atoms with van der Waals surface area (Å²) in [7, 11) is 0. The van der Waals surface area contributed by atoms with Crippen molar-refractivity contribution in [1.29, 1.82) is 5.41 Å². The highest BCUT2D eigenvalue weighted by molar-refractivity contribution is 7.71. The van der Waals surface area contributed by atoms with E-state index in [1.165, 1.54) is 12.1 Å². The Morgan fingerprint density at radius 2 is 2.10 bits per heavy atom. The standard InChI is InChI=1S/C13H12F2N4S/c14-8-3-6-1-2-10(7(6)4-9(8)15)19-11(12(16)17)5-18-13(19)20/h3-5,10H,1-2H2,(H3,16,17)(H,18,20). The Balaban J connectivity index is 2.17. The fraction of sp³-hybridized carbons (Fsp3) is 0.231. The number of aromatic amines is 1. The number of nitrogens with one attached hydrogen (secondary N) is 2. The Morgan fingerprint density at radius 3 is 2.80 bits per heavy atom. The molecule has 0 spiro atoms. The molecule has 0 fully saturated rings. The summed E-state index contributed by atoms with van der Waals surface area (Å²) >= 11 is 5.20. The van der Waals surface area contributed by atoms with Gasteiger partial charge in [0.05, 0.1) is 6.04 Å². The van der Waals surface area contributed by atoms with Gasteiger partial charge >= 0.3 is 0 Å². The van der Waals surface area contributed by atoms with Gasteiger partial charge in [0.25, 0.3) is 0 Å². The molecule has 4 nitrogen and oxygen atoms in total. The van der Waals surface area contributed by atoms with E-state index in [-0.39, 0.29) is 11.9 Å². The Kier molecular flexibility index (Phi) is 2.93. The highest BCUT2D eigenvalue weighted by Crippen LogP contribution is 2.36. The number of nitrogens with zero attached hydrogens (tertiary/aromatic N) is 1. The highest BCUT2D eigenvalue weighted by atomic mass is 32.1. The van der Waals surface area contributed by atoms with E-state index in [2.05, 4.69) is 4.98 Å². The largest absolute Gasteiger partial charge is 0.382 e. The van der Waals surface area contributed by atoms with Gasteiger partial charge in [-0.1, -0.05) is 0 Å². The molecule has 1 heterocycles. The minimum Gasteiger partial charge on any atom is -0.382 e. The lowest BCUT2D eigenvalue weighted by Crippen LogP contribution is -2.20. The SMILES string of the molecule is N=C(N)c1c[nH]c(=S)n1C1CCc2cc(F)c(F)cc21. The van der Waals surface area contributed by atoms with Gasteiger partial charge in [0, 0.05) is 6.20 Å². The molecule has 2 aromatic rings. The van der Waals surface area contributed by atoms with Crippen LogP contribution in [0.1, 0.15) is 29.3 Å². The summed E-state index contributed by atoms with van der Waals surface area (Å²) in [5, 5.41) is 7.57. The molecule has 20 heavy (non-hydrogen) atoms. The number of aromatic nitrogens is 2. The summed E-state index contributed by atoms with van der Waals surface area (Å²) in [6, 6.07) is 2.22. The molecule has 1 aliphatic carbocycles. The molecule has 7 heteroatoms. The number of imidazole rings is 1. The van der Waals surface area contributed by atoms with Crippen molar-refractivity contribution in [2.75, 3.05) is 0 Å². The van der Waals surface area contributed by atoms with Gasteiger partial charge in [-0.15, -0.1) is 0 Å². The summed E-state index contributed by atoms with van der Waals surface area (Å²) in [6.45, 7) is 0. The topological polar surface area (TPSA) is 70.6 Å². The van der Waals surface area contributed by atoms with Crippen LogP contribution in [0.25, 0.3) is 0 Å². The lowest BCUT2D eigenvalue weighted by molar-refractivity contribution is 0.503. The molecular weight excluding hydrogens is 282 g/mol. The zero-order chi connectivity index (χ0) is 14.4. The third-order valence-electron chi connectivity index (χ3n) is 3.63. The normalized spacial score (nSPS) is 17.2. The number of aryl methyl sites for hydroxylation is 1. The second kappa shape index (κ2) is 4.52. The van der Waals surface area contributed by atoms with Crippen molar-refractivity contribution in [3.63, 3.8) is 0 Å². The van der Waals surface area contributed by atoms with Crippen LogP contribution in [0.4, 0.5) is 8.78 Å². The quantitative estimate of drug-likeness (QED) is 0.453. The second-order valence-electron chi connectivity index (χ2n) is 4.78. The lowest BCUT2D eigenvalue weighted by atomic mass is 10.1. The van der Waals surface area contributed by atoms with Gasteiger partial charge in [-0.2, -0.15) is 0 Å². The fourth-order valence-electron chi connectivity index (χ4n) is 2.74. The summed E-state index contributed by atoms with van der Waals surface area (Å²) in [5.41, 5.74) is 7.45. The molecule has 1 aromatic heterocycles. The molecule has 3 rings (SSSR count). The van der Waals surface area contributed by atoms with Crippen LogP contribution in [0.5, 0.6) is 0 Å². The van der Waals surface area contributed by atoms with Gasteiger partial charge in [0.1, 0.15) is 11.5 Å². The number of nitrogens with two attached hydrogens (primary N) is 1. The van der Waals surface area contributed by atoms with Crippen molar-refractivity contribution in [3.8, 4) is 0 Å².